The summed E-state index contributed by atoms with van der Waals surface area (Å²) < 4.78 is 0. The van der Waals surface area contributed by atoms with Gasteiger partial charge in [0.15, 0.2) is 0 Å². The summed E-state index contributed by atoms with van der Waals surface area (Å²) >= 11 is 0. The van der Waals surface area contributed by atoms with E-state index in [0.717, 1.165) is 6.42 Å². The average molecular weight is 125 g/mol. The van der Waals surface area contributed by atoms with E-state index in [1.54, 1.807) is 7.05 Å². The van der Waals surface area contributed by atoms with Crippen LogP contribution in [0.2, 0.25) is 0 Å². The van der Waals surface area contributed by atoms with E-state index in [-0.39, 0.29) is 5.41 Å². The lowest BCUT2D eigenvalue weighted by Crippen LogP contribution is -2.10. The predicted octanol–water partition coefficient (Wildman–Crippen LogP) is 2.29. The molecule has 1 heteroatoms. The molecule has 0 fully saturated rings. The van der Waals surface area contributed by atoms with Gasteiger partial charge >= 0.3 is 0 Å². The molecule has 0 N–H and O–H groups in total. The highest BCUT2D eigenvalue weighted by Gasteiger charge is 2.10. The summed E-state index contributed by atoms with van der Waals surface area (Å²) in [6.45, 7) is 7.95. The Labute approximate surface area is 57.5 Å². The standard InChI is InChI=1S/C8H15N/c1-5-6-8(2,3)7-9-4/h5,7H,1,6H2,2-4H3/b9-7+. The smallest absolute Gasteiger partial charge is 0.0273 e. The third kappa shape index (κ3) is 3.95. The fourth-order valence-corrected chi connectivity index (χ4v) is 0.774. The largest absolute Gasteiger partial charge is 0.300 e. The van der Waals surface area contributed by atoms with Crippen LogP contribution >= 0.6 is 0 Å². The maximum atomic E-state index is 3.95. The molecule has 0 spiro atoms. The van der Waals surface area contributed by atoms with Crippen molar-refractivity contribution in [3.05, 3.63) is 12.7 Å². The van der Waals surface area contributed by atoms with E-state index in [4.69, 9.17) is 0 Å². The molecule has 0 heterocycles. The fraction of sp³-hybridized carbons (Fsp3) is 0.625. The number of allylic oxidation sites excluding steroid dienone is 1. The van der Waals surface area contributed by atoms with Crippen LogP contribution in [0.15, 0.2) is 17.6 Å². The summed E-state index contributed by atoms with van der Waals surface area (Å²) in [5.74, 6) is 0. The van der Waals surface area contributed by atoms with E-state index >= 15 is 0 Å². The third-order valence-corrected chi connectivity index (χ3v) is 1.15. The first-order valence-electron chi connectivity index (χ1n) is 3.16. The van der Waals surface area contributed by atoms with Gasteiger partial charge in [0.1, 0.15) is 0 Å². The van der Waals surface area contributed by atoms with E-state index in [0.29, 0.717) is 0 Å². The van der Waals surface area contributed by atoms with Crippen molar-refractivity contribution in [3.8, 4) is 0 Å². The Morgan fingerprint density at radius 1 is 1.56 bits per heavy atom. The van der Waals surface area contributed by atoms with Crippen molar-refractivity contribution in [2.45, 2.75) is 20.3 Å². The van der Waals surface area contributed by atoms with Gasteiger partial charge in [-0.25, -0.2) is 0 Å². The highest BCUT2D eigenvalue weighted by atomic mass is 14.6. The Bertz CT molecular complexity index is 112. The number of rotatable bonds is 3. The Balaban J connectivity index is 3.84. The summed E-state index contributed by atoms with van der Waals surface area (Å²) in [4.78, 5) is 3.95. The molecule has 0 atom stereocenters. The van der Waals surface area contributed by atoms with E-state index in [9.17, 15) is 0 Å². The molecular formula is C8H15N. The zero-order chi connectivity index (χ0) is 7.33. The first-order chi connectivity index (χ1) is 4.12. The van der Waals surface area contributed by atoms with Gasteiger partial charge in [-0.3, -0.25) is 0 Å². The van der Waals surface area contributed by atoms with Crippen molar-refractivity contribution in [1.29, 1.82) is 0 Å². The average Bonchev–Trinajstić information content (AvgIpc) is 1.64. The van der Waals surface area contributed by atoms with Gasteiger partial charge in [-0.15, -0.1) is 6.58 Å². The van der Waals surface area contributed by atoms with Crippen molar-refractivity contribution in [2.75, 3.05) is 7.05 Å². The van der Waals surface area contributed by atoms with E-state index in [1.165, 1.54) is 0 Å². The summed E-state index contributed by atoms with van der Waals surface area (Å²) in [5.41, 5.74) is 0.191. The second-order valence-electron chi connectivity index (χ2n) is 2.87. The normalized spacial score (nSPS) is 12.3. The van der Waals surface area contributed by atoms with Gasteiger partial charge in [-0.2, -0.15) is 0 Å². The molecule has 0 aliphatic heterocycles. The van der Waals surface area contributed by atoms with Crippen LogP contribution in [0.25, 0.3) is 0 Å². The molecular weight excluding hydrogens is 110 g/mol. The maximum absolute atomic E-state index is 3.95. The molecule has 9 heavy (non-hydrogen) atoms. The predicted molar refractivity (Wildman–Crippen MR) is 43.0 cm³/mol. The summed E-state index contributed by atoms with van der Waals surface area (Å²) in [6.07, 6.45) is 4.86. The Hall–Kier alpha value is -0.590. The van der Waals surface area contributed by atoms with Crippen molar-refractivity contribution in [1.82, 2.24) is 0 Å². The van der Waals surface area contributed by atoms with Crippen LogP contribution in [0, 0.1) is 5.41 Å². The van der Waals surface area contributed by atoms with Crippen LogP contribution in [-0.4, -0.2) is 13.3 Å². The summed E-state index contributed by atoms with van der Waals surface area (Å²) in [6, 6.07) is 0. The van der Waals surface area contributed by atoms with Crippen LogP contribution in [-0.2, 0) is 0 Å². The van der Waals surface area contributed by atoms with Crippen LogP contribution in [0.5, 0.6) is 0 Å². The molecule has 0 aromatic heterocycles. The van der Waals surface area contributed by atoms with Crippen molar-refractivity contribution in [3.63, 3.8) is 0 Å². The molecule has 0 aromatic carbocycles. The lowest BCUT2D eigenvalue weighted by atomic mass is 9.91. The minimum Gasteiger partial charge on any atom is -0.300 e. The Morgan fingerprint density at radius 2 is 2.11 bits per heavy atom. The minimum atomic E-state index is 0.191. The molecule has 0 bridgehead atoms. The molecule has 0 aliphatic rings. The zero-order valence-corrected chi connectivity index (χ0v) is 6.52. The lowest BCUT2D eigenvalue weighted by Gasteiger charge is -2.15. The molecule has 0 aliphatic carbocycles. The van der Waals surface area contributed by atoms with Gasteiger partial charge in [0.2, 0.25) is 0 Å². The topological polar surface area (TPSA) is 12.4 Å². The number of hydrogen-bond donors (Lipinski definition) is 0. The SMILES string of the molecule is C=CCC(C)(C)/C=N/C. The van der Waals surface area contributed by atoms with Crippen LogP contribution in [0.1, 0.15) is 20.3 Å². The second kappa shape index (κ2) is 3.44. The third-order valence-electron chi connectivity index (χ3n) is 1.15. The molecule has 0 radical (unpaired) electrons. The molecule has 1 nitrogen and oxygen atoms in total. The number of nitrogens with zero attached hydrogens (tertiary/aromatic N) is 1. The quantitative estimate of drug-likeness (QED) is 0.405. The van der Waals surface area contributed by atoms with Gasteiger partial charge in [-0.05, 0) is 6.42 Å². The molecule has 0 aromatic rings. The van der Waals surface area contributed by atoms with Gasteiger partial charge < -0.3 is 4.99 Å². The van der Waals surface area contributed by atoms with Gasteiger partial charge in [-0.1, -0.05) is 19.9 Å². The molecule has 0 unspecified atom stereocenters. The van der Waals surface area contributed by atoms with Crippen molar-refractivity contribution >= 4 is 6.21 Å². The molecule has 0 rings (SSSR count). The summed E-state index contributed by atoms with van der Waals surface area (Å²) in [7, 11) is 1.80. The second-order valence-corrected chi connectivity index (χ2v) is 2.87. The monoisotopic (exact) mass is 125 g/mol. The lowest BCUT2D eigenvalue weighted by molar-refractivity contribution is 0.546. The fourth-order valence-electron chi connectivity index (χ4n) is 0.774. The molecule has 0 saturated carbocycles. The van der Waals surface area contributed by atoms with Gasteiger partial charge in [0.05, 0.1) is 0 Å². The number of hydrogen-bond acceptors (Lipinski definition) is 1. The van der Waals surface area contributed by atoms with E-state index in [1.807, 2.05) is 12.3 Å². The number of aliphatic imine (C=N–C) groups is 1. The first-order valence-corrected chi connectivity index (χ1v) is 3.16. The Morgan fingerprint density at radius 3 is 2.44 bits per heavy atom. The zero-order valence-electron chi connectivity index (χ0n) is 6.52. The van der Waals surface area contributed by atoms with Crippen molar-refractivity contribution in [2.24, 2.45) is 10.4 Å². The summed E-state index contributed by atoms with van der Waals surface area (Å²) in [5, 5.41) is 0. The molecule has 52 valence electrons. The van der Waals surface area contributed by atoms with E-state index < -0.39 is 0 Å². The van der Waals surface area contributed by atoms with Crippen LogP contribution < -0.4 is 0 Å². The van der Waals surface area contributed by atoms with Gasteiger partial charge in [0.25, 0.3) is 0 Å². The minimum absolute atomic E-state index is 0.191. The van der Waals surface area contributed by atoms with Gasteiger partial charge in [0, 0.05) is 18.7 Å². The van der Waals surface area contributed by atoms with E-state index in [2.05, 4.69) is 25.4 Å². The van der Waals surface area contributed by atoms with Crippen LogP contribution in [0.4, 0.5) is 0 Å². The highest BCUT2D eigenvalue weighted by Crippen LogP contribution is 2.16. The van der Waals surface area contributed by atoms with Crippen LogP contribution in [0.3, 0.4) is 0 Å². The molecule has 0 saturated heterocycles. The first kappa shape index (κ1) is 8.41. The highest BCUT2D eigenvalue weighted by molar-refractivity contribution is 5.64. The Kier molecular flexibility index (Phi) is 3.21. The maximum Gasteiger partial charge on any atom is 0.0273 e. The van der Waals surface area contributed by atoms with Crippen molar-refractivity contribution < 1.29 is 0 Å². The molecule has 0 amide bonds.